The average molecular weight is 338 g/mol. The number of fused-ring (bicyclic) bond motifs is 1. The number of carbonyl (C=O) groups excluding carboxylic acids is 1. The second kappa shape index (κ2) is 5.31. The highest BCUT2D eigenvalue weighted by Gasteiger charge is 2.41. The molecule has 0 bridgehead atoms. The van der Waals surface area contributed by atoms with Crippen LogP contribution in [0.4, 0.5) is 0 Å². The third-order valence-electron chi connectivity index (χ3n) is 4.23. The number of amides is 1. The van der Waals surface area contributed by atoms with Gasteiger partial charge in [-0.1, -0.05) is 0 Å². The lowest BCUT2D eigenvalue weighted by molar-refractivity contribution is 0.0927. The van der Waals surface area contributed by atoms with Crippen LogP contribution >= 0.6 is 11.3 Å². The predicted molar refractivity (Wildman–Crippen MR) is 88.0 cm³/mol. The summed E-state index contributed by atoms with van der Waals surface area (Å²) < 4.78 is 24.1. The Labute approximate surface area is 133 Å². The van der Waals surface area contributed by atoms with E-state index in [2.05, 4.69) is 10.3 Å². The summed E-state index contributed by atoms with van der Waals surface area (Å²) in [5, 5.41) is 5.88. The van der Waals surface area contributed by atoms with Crippen molar-refractivity contribution in [1.82, 2.24) is 10.3 Å². The van der Waals surface area contributed by atoms with Crippen LogP contribution in [0.25, 0.3) is 10.1 Å². The first-order valence-electron chi connectivity index (χ1n) is 7.15. The van der Waals surface area contributed by atoms with Gasteiger partial charge < -0.3 is 5.32 Å². The molecule has 0 radical (unpaired) electrons. The third kappa shape index (κ3) is 2.63. The summed E-state index contributed by atoms with van der Waals surface area (Å²) in [5.74, 6) is -0.116. The summed E-state index contributed by atoms with van der Waals surface area (Å²) in [7, 11) is -3.08. The molecule has 1 unspecified atom stereocenters. The maximum Gasteiger partial charge on any atom is 0.271 e. The normalized spacial score (nSPS) is 23.3. The van der Waals surface area contributed by atoms with Crippen LogP contribution in [-0.4, -0.2) is 35.9 Å². The molecule has 2 aromatic heterocycles. The number of hydrogen-bond donors (Lipinski definition) is 1. The molecule has 118 valence electrons. The molecule has 1 saturated heterocycles. The molecule has 5 nitrogen and oxygen atoms in total. The smallest absolute Gasteiger partial charge is 0.271 e. The molecule has 1 fully saturated rings. The molecule has 0 spiro atoms. The van der Waals surface area contributed by atoms with Gasteiger partial charge in [0.25, 0.3) is 5.91 Å². The fourth-order valence-electron chi connectivity index (χ4n) is 2.83. The summed E-state index contributed by atoms with van der Waals surface area (Å²) in [6.45, 7) is 3.44. The van der Waals surface area contributed by atoms with Crippen molar-refractivity contribution in [1.29, 1.82) is 0 Å². The van der Waals surface area contributed by atoms with Gasteiger partial charge in [-0.15, -0.1) is 11.3 Å². The van der Waals surface area contributed by atoms with Gasteiger partial charge in [0.2, 0.25) is 0 Å². The van der Waals surface area contributed by atoms with Crippen LogP contribution in [0.15, 0.2) is 23.7 Å². The second-order valence-corrected chi connectivity index (χ2v) is 9.90. The molecule has 2 aromatic rings. The Morgan fingerprint density at radius 2 is 2.18 bits per heavy atom. The van der Waals surface area contributed by atoms with E-state index in [0.29, 0.717) is 18.5 Å². The van der Waals surface area contributed by atoms with Gasteiger partial charge in [0, 0.05) is 12.2 Å². The van der Waals surface area contributed by atoms with Crippen LogP contribution in [0.1, 0.15) is 37.2 Å². The van der Waals surface area contributed by atoms with Crippen LogP contribution in [0, 0.1) is 0 Å². The maximum atomic E-state index is 12.5. The van der Waals surface area contributed by atoms with Crippen molar-refractivity contribution in [3.8, 4) is 0 Å². The summed E-state index contributed by atoms with van der Waals surface area (Å²) in [6, 6.07) is 3.69. The topological polar surface area (TPSA) is 76.1 Å². The van der Waals surface area contributed by atoms with Crippen molar-refractivity contribution in [2.75, 3.05) is 5.75 Å². The molecule has 1 atom stereocenters. The van der Waals surface area contributed by atoms with E-state index in [9.17, 15) is 13.2 Å². The maximum absolute atomic E-state index is 12.5. The zero-order chi connectivity index (χ0) is 16.0. The zero-order valence-electron chi connectivity index (χ0n) is 12.5. The third-order valence-corrected chi connectivity index (χ3v) is 7.79. The van der Waals surface area contributed by atoms with Crippen molar-refractivity contribution < 1.29 is 13.2 Å². The number of rotatable bonds is 2. The van der Waals surface area contributed by atoms with Gasteiger partial charge in [0.1, 0.15) is 5.69 Å². The van der Waals surface area contributed by atoms with Gasteiger partial charge in [-0.25, -0.2) is 13.4 Å². The fourth-order valence-corrected chi connectivity index (χ4v) is 5.31. The zero-order valence-corrected chi connectivity index (χ0v) is 14.1. The second-order valence-electron chi connectivity index (χ2n) is 6.24. The number of thiophene rings is 1. The largest absolute Gasteiger partial charge is 0.348 e. The molecular formula is C15H18N2O3S2. The number of nitrogens with one attached hydrogen (secondary N) is 1. The average Bonchev–Trinajstić information content (AvgIpc) is 2.91. The lowest BCUT2D eigenvalue weighted by Gasteiger charge is -2.35. The molecule has 1 aliphatic rings. The van der Waals surface area contributed by atoms with Gasteiger partial charge in [-0.3, -0.25) is 4.79 Å². The van der Waals surface area contributed by atoms with Crippen molar-refractivity contribution in [3.05, 3.63) is 29.4 Å². The summed E-state index contributed by atoms with van der Waals surface area (Å²) in [6.07, 6.45) is 2.51. The number of sulfone groups is 1. The van der Waals surface area contributed by atoms with Crippen LogP contribution in [0.5, 0.6) is 0 Å². The van der Waals surface area contributed by atoms with E-state index in [0.717, 1.165) is 10.1 Å². The summed E-state index contributed by atoms with van der Waals surface area (Å²) in [5.41, 5.74) is 0.415. The van der Waals surface area contributed by atoms with Gasteiger partial charge in [0.15, 0.2) is 9.84 Å². The Morgan fingerprint density at radius 3 is 2.91 bits per heavy atom. The van der Waals surface area contributed by atoms with E-state index >= 15 is 0 Å². The standard InChI is InChI=1S/C15H18N2O3S2/c1-15(2)9-11(5-8-22(15,19)20)17-14(18)12-13-10(3-6-16-12)4-7-21-13/h3-4,6-7,11H,5,8-9H2,1-2H3,(H,17,18). The summed E-state index contributed by atoms with van der Waals surface area (Å²) >= 11 is 1.48. The van der Waals surface area contributed by atoms with Gasteiger partial charge in [0.05, 0.1) is 15.2 Å². The number of hydrogen-bond acceptors (Lipinski definition) is 5. The Kier molecular flexibility index (Phi) is 3.72. The molecule has 3 rings (SSSR count). The Hall–Kier alpha value is -1.47. The van der Waals surface area contributed by atoms with Crippen LogP contribution in [-0.2, 0) is 9.84 Å². The quantitative estimate of drug-likeness (QED) is 0.912. The minimum atomic E-state index is -3.08. The van der Waals surface area contributed by atoms with Crippen molar-refractivity contribution >= 4 is 37.2 Å². The van der Waals surface area contributed by atoms with Crippen molar-refractivity contribution in [2.24, 2.45) is 0 Å². The first kappa shape index (κ1) is 15.4. The molecule has 1 N–H and O–H groups in total. The lowest BCUT2D eigenvalue weighted by Crippen LogP contribution is -2.49. The fraction of sp³-hybridized carbons (Fsp3) is 0.467. The van der Waals surface area contributed by atoms with Crippen LogP contribution in [0.3, 0.4) is 0 Å². The molecule has 1 amide bonds. The lowest BCUT2D eigenvalue weighted by atomic mass is 10.00. The highest BCUT2D eigenvalue weighted by atomic mass is 32.2. The number of carbonyl (C=O) groups is 1. The molecular weight excluding hydrogens is 320 g/mol. The molecule has 22 heavy (non-hydrogen) atoms. The van der Waals surface area contributed by atoms with Crippen LogP contribution < -0.4 is 5.32 Å². The van der Waals surface area contributed by atoms with Gasteiger partial charge in [-0.05, 0) is 49.6 Å². The number of pyridine rings is 1. The van der Waals surface area contributed by atoms with Crippen molar-refractivity contribution in [2.45, 2.75) is 37.5 Å². The van der Waals surface area contributed by atoms with E-state index in [4.69, 9.17) is 0 Å². The summed E-state index contributed by atoms with van der Waals surface area (Å²) in [4.78, 5) is 16.7. The van der Waals surface area contributed by atoms with E-state index < -0.39 is 14.6 Å². The van der Waals surface area contributed by atoms with E-state index in [1.807, 2.05) is 17.5 Å². The predicted octanol–water partition coefficient (Wildman–Crippen LogP) is 2.38. The van der Waals surface area contributed by atoms with E-state index in [1.165, 1.54) is 11.3 Å². The Balaban J connectivity index is 1.80. The monoisotopic (exact) mass is 338 g/mol. The molecule has 1 aliphatic heterocycles. The molecule has 0 aliphatic carbocycles. The number of aromatic nitrogens is 1. The number of nitrogens with zero attached hydrogens (tertiary/aromatic N) is 1. The molecule has 0 saturated carbocycles. The minimum Gasteiger partial charge on any atom is -0.348 e. The SMILES string of the molecule is CC1(C)CC(NC(=O)c2nccc3ccsc23)CCS1(=O)=O. The molecule has 7 heteroatoms. The minimum absolute atomic E-state index is 0.113. The van der Waals surface area contributed by atoms with Crippen LogP contribution in [0.2, 0.25) is 0 Å². The van der Waals surface area contributed by atoms with Crippen molar-refractivity contribution in [3.63, 3.8) is 0 Å². The van der Waals surface area contributed by atoms with Gasteiger partial charge >= 0.3 is 0 Å². The molecule has 0 aromatic carbocycles. The van der Waals surface area contributed by atoms with E-state index in [-0.39, 0.29) is 17.7 Å². The first-order valence-corrected chi connectivity index (χ1v) is 9.69. The highest BCUT2D eigenvalue weighted by Crippen LogP contribution is 2.30. The van der Waals surface area contributed by atoms with E-state index in [1.54, 1.807) is 20.0 Å². The Bertz CT molecular complexity index is 824. The van der Waals surface area contributed by atoms with Gasteiger partial charge in [-0.2, -0.15) is 0 Å². The highest BCUT2D eigenvalue weighted by molar-refractivity contribution is 7.92. The Morgan fingerprint density at radius 1 is 1.41 bits per heavy atom. The first-order chi connectivity index (χ1) is 10.3. The molecule has 3 heterocycles.